The Balaban J connectivity index is 1.67. The van der Waals surface area contributed by atoms with Gasteiger partial charge in [0.15, 0.2) is 6.10 Å². The highest BCUT2D eigenvalue weighted by atomic mass is 16.6. The monoisotopic (exact) mass is 629 g/mol. The van der Waals surface area contributed by atoms with Gasteiger partial charge in [0.25, 0.3) is 0 Å². The van der Waals surface area contributed by atoms with E-state index in [1.165, 1.54) is 0 Å². The van der Waals surface area contributed by atoms with Gasteiger partial charge in [-0.15, -0.1) is 0 Å². The molecule has 0 saturated carbocycles. The van der Waals surface area contributed by atoms with Crippen molar-refractivity contribution in [3.05, 3.63) is 70.3 Å². The number of anilines is 1. The number of aryl methyl sites for hydroxylation is 3. The molecule has 8 nitrogen and oxygen atoms in total. The highest BCUT2D eigenvalue weighted by Crippen LogP contribution is 2.47. The Bertz CT molecular complexity index is 1570. The van der Waals surface area contributed by atoms with Crippen molar-refractivity contribution in [3.8, 4) is 16.9 Å². The number of piperidine rings is 1. The molecular weight excluding hydrogens is 578 g/mol. The average molecular weight is 630 g/mol. The molecule has 4 heterocycles. The second-order valence-electron chi connectivity index (χ2n) is 14.9. The first-order chi connectivity index (χ1) is 21.7. The number of aliphatic hydroxyl groups is 1. The molecule has 2 aliphatic heterocycles. The molecule has 8 heteroatoms. The number of rotatable bonds is 8. The first-order valence-corrected chi connectivity index (χ1v) is 16.7. The fourth-order valence-electron chi connectivity index (χ4n) is 6.53. The zero-order chi connectivity index (χ0) is 33.4. The van der Waals surface area contributed by atoms with Gasteiger partial charge in [0.1, 0.15) is 11.9 Å². The summed E-state index contributed by atoms with van der Waals surface area (Å²) in [6.07, 6.45) is 2.23. The Kier molecular flexibility index (Phi) is 9.81. The van der Waals surface area contributed by atoms with Crippen molar-refractivity contribution in [2.24, 2.45) is 5.41 Å². The summed E-state index contributed by atoms with van der Waals surface area (Å²) in [6.45, 7) is 19.4. The first kappa shape index (κ1) is 33.9. The van der Waals surface area contributed by atoms with Gasteiger partial charge in [0.2, 0.25) is 0 Å². The molecule has 2 aromatic heterocycles. The second-order valence-corrected chi connectivity index (χ2v) is 14.9. The third-order valence-electron chi connectivity index (χ3n) is 8.89. The SMILES string of the molecule is Cc1cccc(C2CCc3cc(-c4c(CO)nc(C)c(C(OC(C)(C)C)C(=O)OC(C)C)c4N4CCC(C)(C)CC4)ccc3O2)n1. The molecule has 0 aliphatic carbocycles. The van der Waals surface area contributed by atoms with Gasteiger partial charge >= 0.3 is 5.97 Å². The van der Waals surface area contributed by atoms with Gasteiger partial charge < -0.3 is 24.2 Å². The van der Waals surface area contributed by atoms with Crippen LogP contribution in [0.2, 0.25) is 0 Å². The molecule has 5 rings (SSSR count). The standard InChI is InChI=1S/C38H51N3O5/c1-23(2)44-36(43)35(46-37(5,6)7)32-25(4)40-29(22-42)33(34(32)41-19-17-38(8,9)18-20-41)27-14-15-30-26(21-27)13-16-31(45-30)28-12-10-11-24(3)39-28/h10-12,14-15,21,23,31,35,42H,13,16-20,22H2,1-9H3. The maximum absolute atomic E-state index is 13.8. The van der Waals surface area contributed by atoms with Gasteiger partial charge in [0.05, 0.1) is 35.4 Å². The van der Waals surface area contributed by atoms with Crippen LogP contribution in [0.25, 0.3) is 11.1 Å². The molecule has 46 heavy (non-hydrogen) atoms. The van der Waals surface area contributed by atoms with E-state index in [0.717, 1.165) is 78.3 Å². The second kappa shape index (κ2) is 13.3. The van der Waals surface area contributed by atoms with Crippen LogP contribution in [0, 0.1) is 19.3 Å². The van der Waals surface area contributed by atoms with Crippen LogP contribution in [0.4, 0.5) is 5.69 Å². The number of hydrogen-bond acceptors (Lipinski definition) is 8. The normalized spacial score (nSPS) is 18.6. The van der Waals surface area contributed by atoms with Crippen LogP contribution < -0.4 is 9.64 Å². The predicted octanol–water partition coefficient (Wildman–Crippen LogP) is 7.75. The number of carbonyl (C=O) groups is 1. The molecule has 3 aromatic rings. The van der Waals surface area contributed by atoms with Crippen molar-refractivity contribution in [1.29, 1.82) is 0 Å². The van der Waals surface area contributed by atoms with E-state index in [0.29, 0.717) is 17.0 Å². The van der Waals surface area contributed by atoms with Crippen LogP contribution in [0.15, 0.2) is 36.4 Å². The third kappa shape index (κ3) is 7.55. The highest BCUT2D eigenvalue weighted by molar-refractivity contribution is 5.89. The lowest BCUT2D eigenvalue weighted by Gasteiger charge is -2.41. The van der Waals surface area contributed by atoms with Crippen molar-refractivity contribution in [2.75, 3.05) is 18.0 Å². The van der Waals surface area contributed by atoms with Gasteiger partial charge in [-0.3, -0.25) is 9.97 Å². The molecule has 2 atom stereocenters. The van der Waals surface area contributed by atoms with E-state index in [4.69, 9.17) is 24.2 Å². The number of fused-ring (bicyclic) bond motifs is 1. The Morgan fingerprint density at radius 2 is 1.83 bits per heavy atom. The lowest BCUT2D eigenvalue weighted by Crippen LogP contribution is -2.39. The van der Waals surface area contributed by atoms with E-state index < -0.39 is 17.7 Å². The third-order valence-corrected chi connectivity index (χ3v) is 8.89. The molecule has 0 spiro atoms. The van der Waals surface area contributed by atoms with Crippen LogP contribution in [0.1, 0.15) is 114 Å². The zero-order valence-electron chi connectivity index (χ0n) is 29.1. The summed E-state index contributed by atoms with van der Waals surface area (Å²) >= 11 is 0. The fourth-order valence-corrected chi connectivity index (χ4v) is 6.53. The van der Waals surface area contributed by atoms with E-state index in [1.54, 1.807) is 0 Å². The maximum atomic E-state index is 13.8. The van der Waals surface area contributed by atoms with Crippen LogP contribution in [-0.2, 0) is 27.3 Å². The summed E-state index contributed by atoms with van der Waals surface area (Å²) in [5.74, 6) is 0.399. The number of aromatic nitrogens is 2. The van der Waals surface area contributed by atoms with Crippen molar-refractivity contribution in [3.63, 3.8) is 0 Å². The molecule has 1 fully saturated rings. The lowest BCUT2D eigenvalue weighted by atomic mass is 9.81. The van der Waals surface area contributed by atoms with E-state index in [1.807, 2.05) is 78.8 Å². The largest absolute Gasteiger partial charge is 0.484 e. The predicted molar refractivity (Wildman–Crippen MR) is 181 cm³/mol. The van der Waals surface area contributed by atoms with Crippen molar-refractivity contribution in [2.45, 2.75) is 119 Å². The number of hydrogen-bond donors (Lipinski definition) is 1. The number of aliphatic hydroxyl groups excluding tert-OH is 1. The highest BCUT2D eigenvalue weighted by Gasteiger charge is 2.38. The molecular formula is C38H51N3O5. The number of carbonyl (C=O) groups excluding carboxylic acids is 1. The number of nitrogens with zero attached hydrogens (tertiary/aromatic N) is 3. The van der Waals surface area contributed by atoms with E-state index in [2.05, 4.69) is 24.8 Å². The van der Waals surface area contributed by atoms with Crippen molar-refractivity contribution < 1.29 is 24.1 Å². The van der Waals surface area contributed by atoms with Gasteiger partial charge in [0, 0.05) is 35.6 Å². The van der Waals surface area contributed by atoms with Gasteiger partial charge in [-0.1, -0.05) is 26.0 Å². The quantitative estimate of drug-likeness (QED) is 0.253. The summed E-state index contributed by atoms with van der Waals surface area (Å²) in [6, 6.07) is 12.3. The van der Waals surface area contributed by atoms with Crippen LogP contribution >= 0.6 is 0 Å². The maximum Gasteiger partial charge on any atom is 0.340 e. The topological polar surface area (TPSA) is 94.0 Å². The Morgan fingerprint density at radius 3 is 2.46 bits per heavy atom. The van der Waals surface area contributed by atoms with E-state index in [9.17, 15) is 9.90 Å². The number of pyridine rings is 2. The molecule has 0 radical (unpaired) electrons. The smallest absolute Gasteiger partial charge is 0.340 e. The van der Waals surface area contributed by atoms with Gasteiger partial charge in [-0.2, -0.15) is 0 Å². The minimum atomic E-state index is -0.991. The zero-order valence-corrected chi connectivity index (χ0v) is 29.1. The van der Waals surface area contributed by atoms with E-state index >= 15 is 0 Å². The minimum Gasteiger partial charge on any atom is -0.484 e. The number of ether oxygens (including phenoxy) is 3. The van der Waals surface area contributed by atoms with Crippen LogP contribution in [-0.4, -0.2) is 45.8 Å². The lowest BCUT2D eigenvalue weighted by molar-refractivity contribution is -0.171. The molecule has 248 valence electrons. The Labute approximate surface area is 274 Å². The Hall–Kier alpha value is -3.49. The summed E-state index contributed by atoms with van der Waals surface area (Å²) < 4.78 is 18.8. The molecule has 1 N–H and O–H groups in total. The fraction of sp³-hybridized carbons (Fsp3) is 0.553. The average Bonchev–Trinajstić information content (AvgIpc) is 2.98. The van der Waals surface area contributed by atoms with Gasteiger partial charge in [-0.05, 0) is 115 Å². The summed E-state index contributed by atoms with van der Waals surface area (Å²) in [5, 5.41) is 10.7. The van der Waals surface area contributed by atoms with Crippen LogP contribution in [0.5, 0.6) is 5.75 Å². The molecule has 2 aliphatic rings. The van der Waals surface area contributed by atoms with E-state index in [-0.39, 0.29) is 24.2 Å². The summed E-state index contributed by atoms with van der Waals surface area (Å²) in [5.41, 5.74) is 7.17. The molecule has 1 saturated heterocycles. The molecule has 1 aromatic carbocycles. The minimum absolute atomic E-state index is 0.103. The van der Waals surface area contributed by atoms with Crippen molar-refractivity contribution >= 4 is 11.7 Å². The molecule has 0 amide bonds. The Morgan fingerprint density at radius 1 is 1.11 bits per heavy atom. The van der Waals surface area contributed by atoms with Gasteiger partial charge in [-0.25, -0.2) is 4.79 Å². The number of esters is 1. The number of benzene rings is 1. The summed E-state index contributed by atoms with van der Waals surface area (Å²) in [7, 11) is 0. The van der Waals surface area contributed by atoms with Crippen LogP contribution in [0.3, 0.4) is 0 Å². The first-order valence-electron chi connectivity index (χ1n) is 16.7. The molecule has 0 bridgehead atoms. The summed E-state index contributed by atoms with van der Waals surface area (Å²) in [4.78, 5) is 25.8. The molecule has 2 unspecified atom stereocenters. The van der Waals surface area contributed by atoms with Crippen molar-refractivity contribution in [1.82, 2.24) is 9.97 Å².